The predicted molar refractivity (Wildman–Crippen MR) is 132 cm³/mol. The Bertz CT molecular complexity index is 839. The first-order valence-corrected chi connectivity index (χ1v) is 16.5. The van der Waals surface area contributed by atoms with E-state index in [1.165, 1.54) is 23.5 Å². The topological polar surface area (TPSA) is 49.9 Å². The molecule has 0 aliphatic carbocycles. The molecular formula is C23H34N2O3S2Si. The van der Waals surface area contributed by atoms with Crippen molar-refractivity contribution in [1.29, 1.82) is 0 Å². The summed E-state index contributed by atoms with van der Waals surface area (Å²) >= 11 is 3.06. The van der Waals surface area contributed by atoms with Crippen LogP contribution >= 0.6 is 23.5 Å². The van der Waals surface area contributed by atoms with Crippen molar-refractivity contribution in [2.45, 2.75) is 69.0 Å². The van der Waals surface area contributed by atoms with Gasteiger partial charge in [0.05, 0.1) is 25.2 Å². The van der Waals surface area contributed by atoms with Gasteiger partial charge in [-0.15, -0.1) is 0 Å². The molecule has 31 heavy (non-hydrogen) atoms. The van der Waals surface area contributed by atoms with Gasteiger partial charge >= 0.3 is 0 Å². The first-order valence-electron chi connectivity index (χ1n) is 11.2. The van der Waals surface area contributed by atoms with Crippen molar-refractivity contribution in [2.24, 2.45) is 0 Å². The molecule has 0 aromatic heterocycles. The number of hydrogen-bond acceptors (Lipinski definition) is 5. The lowest BCUT2D eigenvalue weighted by atomic mass is 10.1. The van der Waals surface area contributed by atoms with E-state index in [0.717, 1.165) is 51.7 Å². The third-order valence-corrected chi connectivity index (χ3v) is 8.66. The number of benzene rings is 1. The molecule has 1 saturated heterocycles. The number of fused-ring (bicyclic) bond motifs is 1. The van der Waals surface area contributed by atoms with Gasteiger partial charge in [0.15, 0.2) is 0 Å². The van der Waals surface area contributed by atoms with Gasteiger partial charge in [0, 0.05) is 22.9 Å². The molecule has 1 fully saturated rings. The van der Waals surface area contributed by atoms with E-state index in [9.17, 15) is 9.59 Å². The summed E-state index contributed by atoms with van der Waals surface area (Å²) in [6.07, 6.45) is 4.71. The van der Waals surface area contributed by atoms with E-state index in [1.807, 2.05) is 28.0 Å². The van der Waals surface area contributed by atoms with Gasteiger partial charge in [0.2, 0.25) is 0 Å². The molecule has 0 spiro atoms. The molecule has 1 aromatic rings. The molecule has 0 radical (unpaired) electrons. The van der Waals surface area contributed by atoms with Crippen LogP contribution < -0.4 is 4.74 Å². The zero-order valence-corrected chi connectivity index (χ0v) is 22.0. The molecule has 0 unspecified atom stereocenters. The van der Waals surface area contributed by atoms with Crippen LogP contribution in [0.5, 0.6) is 5.75 Å². The van der Waals surface area contributed by atoms with Crippen LogP contribution in [0.3, 0.4) is 0 Å². The van der Waals surface area contributed by atoms with Crippen molar-refractivity contribution in [3.63, 3.8) is 0 Å². The minimum atomic E-state index is -1.31. The number of amides is 2. The minimum absolute atomic E-state index is 0.121. The van der Waals surface area contributed by atoms with Gasteiger partial charge in [-0.05, 0) is 31.0 Å². The molecule has 8 heteroatoms. The monoisotopic (exact) mass is 478 g/mol. The first-order chi connectivity index (χ1) is 14.7. The summed E-state index contributed by atoms with van der Waals surface area (Å²) in [5.41, 5.74) is 0.342. The summed E-state index contributed by atoms with van der Waals surface area (Å²) in [4.78, 5) is 32.3. The van der Waals surface area contributed by atoms with E-state index in [0.29, 0.717) is 25.3 Å². The van der Waals surface area contributed by atoms with Crippen LogP contribution in [-0.4, -0.2) is 55.7 Å². The average Bonchev–Trinajstić information content (AvgIpc) is 3.13. The van der Waals surface area contributed by atoms with E-state index in [2.05, 4.69) is 33.5 Å². The molecule has 0 atom stereocenters. The van der Waals surface area contributed by atoms with Crippen LogP contribution in [0.25, 0.3) is 0 Å². The maximum absolute atomic E-state index is 13.3. The number of unbranched alkanes of at least 4 members (excludes halogenated alkanes) is 2. The molecule has 0 saturated carbocycles. The van der Waals surface area contributed by atoms with Crippen LogP contribution in [0.15, 0.2) is 37.8 Å². The van der Waals surface area contributed by atoms with Crippen molar-refractivity contribution in [3.05, 3.63) is 28.0 Å². The van der Waals surface area contributed by atoms with Gasteiger partial charge in [-0.3, -0.25) is 9.59 Å². The predicted octanol–water partition coefficient (Wildman–Crippen LogP) is 5.58. The second-order valence-corrected chi connectivity index (χ2v) is 17.1. The zero-order valence-electron chi connectivity index (χ0n) is 19.3. The Balaban J connectivity index is 1.84. The Kier molecular flexibility index (Phi) is 8.21. The maximum Gasteiger partial charge on any atom is 0.262 e. The molecular weight excluding hydrogens is 444 g/mol. The highest BCUT2D eigenvalue weighted by Gasteiger charge is 2.39. The summed E-state index contributed by atoms with van der Waals surface area (Å²) < 4.78 is 6.82. The second-order valence-electron chi connectivity index (χ2n) is 9.31. The molecule has 2 heterocycles. The molecule has 0 N–H and O–H groups in total. The van der Waals surface area contributed by atoms with Crippen molar-refractivity contribution < 1.29 is 14.3 Å². The molecule has 5 nitrogen and oxygen atoms in total. The van der Waals surface area contributed by atoms with E-state index in [1.54, 1.807) is 0 Å². The molecule has 3 rings (SSSR count). The third-order valence-electron chi connectivity index (χ3n) is 5.10. The van der Waals surface area contributed by atoms with E-state index in [4.69, 9.17) is 4.74 Å². The van der Waals surface area contributed by atoms with E-state index in [-0.39, 0.29) is 11.8 Å². The van der Waals surface area contributed by atoms with Crippen molar-refractivity contribution >= 4 is 43.4 Å². The lowest BCUT2D eigenvalue weighted by molar-refractivity contribution is -0.144. The Labute approximate surface area is 196 Å². The van der Waals surface area contributed by atoms with Gasteiger partial charge in [-0.1, -0.05) is 69.9 Å². The van der Waals surface area contributed by atoms with Gasteiger partial charge in [0.1, 0.15) is 11.3 Å². The van der Waals surface area contributed by atoms with E-state index >= 15 is 0 Å². The van der Waals surface area contributed by atoms with Crippen LogP contribution in [-0.2, 0) is 9.59 Å². The maximum atomic E-state index is 13.3. The summed E-state index contributed by atoms with van der Waals surface area (Å²) in [6.45, 7) is 12.9. The van der Waals surface area contributed by atoms with Gasteiger partial charge in [0.25, 0.3) is 11.8 Å². The number of nitrogens with zero attached hydrogens (tertiary/aromatic N) is 2. The van der Waals surface area contributed by atoms with Gasteiger partial charge in [-0.2, -0.15) is 0 Å². The SMILES string of the molecule is CCCCN1CN(CCCC)C(=O)C(=C2Sc3ccc(OC[Si](C)(C)C)cc3S2)C1=O. The lowest BCUT2D eigenvalue weighted by Gasteiger charge is -2.36. The minimum Gasteiger partial charge on any atom is -0.497 e. The second kappa shape index (κ2) is 10.5. The number of ether oxygens (including phenoxy) is 1. The van der Waals surface area contributed by atoms with Crippen LogP contribution in [0.1, 0.15) is 39.5 Å². The van der Waals surface area contributed by atoms with Crippen molar-refractivity contribution in [2.75, 3.05) is 26.0 Å². The highest BCUT2D eigenvalue weighted by Crippen LogP contribution is 2.53. The highest BCUT2D eigenvalue weighted by atomic mass is 32.2. The van der Waals surface area contributed by atoms with Gasteiger partial charge < -0.3 is 14.5 Å². The summed E-state index contributed by atoms with van der Waals surface area (Å²) in [6, 6.07) is 6.08. The Morgan fingerprint density at radius 3 is 2.06 bits per heavy atom. The zero-order chi connectivity index (χ0) is 22.6. The fraction of sp³-hybridized carbons (Fsp3) is 0.565. The number of thioether (sulfide) groups is 2. The Morgan fingerprint density at radius 1 is 0.935 bits per heavy atom. The molecule has 2 aliphatic rings. The molecule has 2 aliphatic heterocycles. The van der Waals surface area contributed by atoms with E-state index < -0.39 is 8.07 Å². The highest BCUT2D eigenvalue weighted by molar-refractivity contribution is 8.24. The van der Waals surface area contributed by atoms with Crippen LogP contribution in [0.2, 0.25) is 19.6 Å². The Morgan fingerprint density at radius 2 is 1.52 bits per heavy atom. The quantitative estimate of drug-likeness (QED) is 0.263. The number of carbonyl (C=O) groups is 2. The third kappa shape index (κ3) is 6.11. The van der Waals surface area contributed by atoms with Crippen molar-refractivity contribution in [1.82, 2.24) is 9.80 Å². The normalized spacial score (nSPS) is 16.9. The van der Waals surface area contributed by atoms with Crippen LogP contribution in [0, 0.1) is 0 Å². The smallest absolute Gasteiger partial charge is 0.262 e. The Hall–Kier alpha value is -1.38. The van der Waals surface area contributed by atoms with Crippen molar-refractivity contribution in [3.8, 4) is 5.75 Å². The number of hydrogen-bond donors (Lipinski definition) is 0. The average molecular weight is 479 g/mol. The molecule has 170 valence electrons. The molecule has 0 bridgehead atoms. The summed E-state index contributed by atoms with van der Waals surface area (Å²) in [7, 11) is -1.31. The number of rotatable bonds is 9. The first kappa shape index (κ1) is 24.3. The standard InChI is InChI=1S/C23H34N2O3S2Si/c1-6-8-12-24-15-25(13-9-7-2)22(27)20(21(24)26)23-29-18-11-10-17(14-19(18)30-23)28-16-31(3,4)5/h10-11,14H,6-9,12-13,15-16H2,1-5H3. The summed E-state index contributed by atoms with van der Waals surface area (Å²) in [5, 5.41) is 0. The number of carbonyl (C=O) groups excluding carboxylic acids is 2. The fourth-order valence-electron chi connectivity index (χ4n) is 3.32. The molecule has 1 aromatic carbocycles. The van der Waals surface area contributed by atoms with Crippen LogP contribution in [0.4, 0.5) is 0 Å². The fourth-order valence-corrected chi connectivity index (χ4v) is 6.47. The lowest BCUT2D eigenvalue weighted by Crippen LogP contribution is -2.53. The largest absolute Gasteiger partial charge is 0.497 e. The summed E-state index contributed by atoms with van der Waals surface area (Å²) in [5.74, 6) is 0.615. The van der Waals surface area contributed by atoms with Gasteiger partial charge in [-0.25, -0.2) is 0 Å². The molecule has 2 amide bonds.